The summed E-state index contributed by atoms with van der Waals surface area (Å²) in [6.45, 7) is 0.661. The van der Waals surface area contributed by atoms with Crippen LogP contribution in [0.25, 0.3) is 11.1 Å². The lowest BCUT2D eigenvalue weighted by atomic mass is 10.2. The average Bonchev–Trinajstić information content (AvgIpc) is 2.54. The van der Waals surface area contributed by atoms with E-state index in [1.54, 1.807) is 0 Å². The van der Waals surface area contributed by atoms with Crippen molar-refractivity contribution in [2.45, 2.75) is 6.54 Å². The number of alkyl halides is 1. The highest BCUT2D eigenvalue weighted by molar-refractivity contribution is 6.17. The molecule has 1 aromatic heterocycles. The molecule has 14 heavy (non-hydrogen) atoms. The molecule has 5 heteroatoms. The van der Waals surface area contributed by atoms with Gasteiger partial charge in [-0.1, -0.05) is 6.07 Å². The molecule has 0 aliphatic carbocycles. The van der Waals surface area contributed by atoms with E-state index in [4.69, 9.17) is 16.0 Å². The second kappa shape index (κ2) is 3.86. The predicted octanol–water partition coefficient (Wildman–Crippen LogP) is 1.41. The Morgan fingerprint density at radius 3 is 3.14 bits per heavy atom. The first kappa shape index (κ1) is 9.30. The zero-order chi connectivity index (χ0) is 9.97. The lowest BCUT2D eigenvalue weighted by molar-refractivity contribution is 0.555. The molecule has 2 rings (SSSR count). The largest absolute Gasteiger partial charge is 0.417 e. The molecule has 0 spiro atoms. The van der Waals surface area contributed by atoms with Gasteiger partial charge in [0.05, 0.1) is 11.5 Å². The van der Waals surface area contributed by atoms with Crippen LogP contribution in [0.3, 0.4) is 0 Å². The van der Waals surface area contributed by atoms with Gasteiger partial charge in [0, 0.05) is 6.54 Å². The van der Waals surface area contributed by atoms with Gasteiger partial charge in [-0.15, -0.1) is 11.6 Å². The smallest absolute Gasteiger partial charge is 0.408 e. The molecule has 2 aromatic rings. The summed E-state index contributed by atoms with van der Waals surface area (Å²) in [7, 11) is 0. The van der Waals surface area contributed by atoms with Crippen LogP contribution in [-0.2, 0) is 6.54 Å². The molecule has 0 unspecified atom stereocenters. The fourth-order valence-corrected chi connectivity index (χ4v) is 1.39. The lowest BCUT2D eigenvalue weighted by Crippen LogP contribution is -2.09. The standard InChI is InChI=1S/C9H9ClN2O2/c10-5-11-4-6-1-2-7-8(3-6)14-9(13)12-7/h1-3,11H,4-5H2,(H,12,13). The van der Waals surface area contributed by atoms with Crippen molar-refractivity contribution in [3.8, 4) is 0 Å². The monoisotopic (exact) mass is 212 g/mol. The second-order valence-corrected chi connectivity index (χ2v) is 3.17. The summed E-state index contributed by atoms with van der Waals surface area (Å²) in [5, 5.41) is 2.97. The van der Waals surface area contributed by atoms with Crippen molar-refractivity contribution in [2.75, 3.05) is 6.00 Å². The molecule has 0 amide bonds. The molecule has 1 heterocycles. The van der Waals surface area contributed by atoms with Crippen LogP contribution in [0, 0.1) is 0 Å². The topological polar surface area (TPSA) is 58.0 Å². The molecule has 2 N–H and O–H groups in total. The highest BCUT2D eigenvalue weighted by Gasteiger charge is 2.01. The molecule has 74 valence electrons. The van der Waals surface area contributed by atoms with E-state index in [0.29, 0.717) is 23.6 Å². The number of rotatable bonds is 3. The van der Waals surface area contributed by atoms with E-state index in [9.17, 15) is 4.79 Å². The van der Waals surface area contributed by atoms with Crippen LogP contribution in [0.4, 0.5) is 0 Å². The maximum atomic E-state index is 10.9. The van der Waals surface area contributed by atoms with E-state index in [-0.39, 0.29) is 0 Å². The molecule has 0 saturated heterocycles. The molecule has 0 bridgehead atoms. The lowest BCUT2D eigenvalue weighted by Gasteiger charge is -1.99. The Morgan fingerprint density at radius 2 is 2.36 bits per heavy atom. The predicted molar refractivity (Wildman–Crippen MR) is 54.4 cm³/mol. The van der Waals surface area contributed by atoms with Gasteiger partial charge < -0.3 is 4.42 Å². The van der Waals surface area contributed by atoms with E-state index in [1.807, 2.05) is 18.2 Å². The number of hydrogen-bond donors (Lipinski definition) is 2. The summed E-state index contributed by atoms with van der Waals surface area (Å²) >= 11 is 5.48. The number of hydrogen-bond acceptors (Lipinski definition) is 3. The Balaban J connectivity index is 2.35. The Morgan fingerprint density at radius 1 is 1.50 bits per heavy atom. The van der Waals surface area contributed by atoms with Gasteiger partial charge in [-0.05, 0) is 17.7 Å². The number of fused-ring (bicyclic) bond motifs is 1. The molecule has 0 aliphatic rings. The van der Waals surface area contributed by atoms with E-state index in [1.165, 1.54) is 0 Å². The first-order valence-electron chi connectivity index (χ1n) is 4.18. The summed E-state index contributed by atoms with van der Waals surface area (Å²) < 4.78 is 4.92. The fraction of sp³-hybridized carbons (Fsp3) is 0.222. The molecule has 1 aromatic carbocycles. The van der Waals surface area contributed by atoms with Crippen LogP contribution in [0.1, 0.15) is 5.56 Å². The zero-order valence-corrected chi connectivity index (χ0v) is 8.10. The maximum Gasteiger partial charge on any atom is 0.417 e. The highest BCUT2D eigenvalue weighted by atomic mass is 35.5. The summed E-state index contributed by atoms with van der Waals surface area (Å²) in [5.74, 6) is -0.428. The van der Waals surface area contributed by atoms with Crippen molar-refractivity contribution in [3.63, 3.8) is 0 Å². The Kier molecular flexibility index (Phi) is 2.56. The third kappa shape index (κ3) is 1.81. The minimum atomic E-state index is -0.428. The minimum absolute atomic E-state index is 0.398. The van der Waals surface area contributed by atoms with Gasteiger partial charge in [0.2, 0.25) is 0 Å². The van der Waals surface area contributed by atoms with Gasteiger partial charge in [0.15, 0.2) is 5.58 Å². The fourth-order valence-electron chi connectivity index (χ4n) is 1.29. The third-order valence-electron chi connectivity index (χ3n) is 1.91. The zero-order valence-electron chi connectivity index (χ0n) is 7.34. The number of aromatic amines is 1. The van der Waals surface area contributed by atoms with Crippen LogP contribution in [0.5, 0.6) is 0 Å². The van der Waals surface area contributed by atoms with Gasteiger partial charge in [-0.3, -0.25) is 10.3 Å². The molecule has 0 fully saturated rings. The first-order chi connectivity index (χ1) is 6.79. The van der Waals surface area contributed by atoms with Crippen molar-refractivity contribution in [2.24, 2.45) is 0 Å². The van der Waals surface area contributed by atoms with Crippen molar-refractivity contribution >= 4 is 22.7 Å². The van der Waals surface area contributed by atoms with Crippen LogP contribution in [0.2, 0.25) is 0 Å². The Hall–Kier alpha value is -1.26. The van der Waals surface area contributed by atoms with Crippen LogP contribution >= 0.6 is 11.6 Å². The molecular weight excluding hydrogens is 204 g/mol. The van der Waals surface area contributed by atoms with Crippen molar-refractivity contribution in [3.05, 3.63) is 34.3 Å². The van der Waals surface area contributed by atoms with Gasteiger partial charge in [0.1, 0.15) is 0 Å². The number of halogens is 1. The van der Waals surface area contributed by atoms with Crippen LogP contribution in [0.15, 0.2) is 27.4 Å². The van der Waals surface area contributed by atoms with Gasteiger partial charge >= 0.3 is 5.76 Å². The van der Waals surface area contributed by atoms with E-state index in [2.05, 4.69) is 10.3 Å². The van der Waals surface area contributed by atoms with E-state index < -0.39 is 5.76 Å². The van der Waals surface area contributed by atoms with Gasteiger partial charge in [-0.2, -0.15) is 0 Å². The number of oxazole rings is 1. The number of nitrogens with one attached hydrogen (secondary N) is 2. The molecular formula is C9H9ClN2O2. The van der Waals surface area contributed by atoms with Crippen molar-refractivity contribution in [1.82, 2.24) is 10.3 Å². The van der Waals surface area contributed by atoms with E-state index >= 15 is 0 Å². The third-order valence-corrected chi connectivity index (χ3v) is 2.10. The summed E-state index contributed by atoms with van der Waals surface area (Å²) in [6, 6.07) is 5.93. The average molecular weight is 213 g/mol. The SMILES string of the molecule is O=c1[nH]c2ccc(CNCCl)cc2o1. The van der Waals surface area contributed by atoms with Crippen LogP contribution < -0.4 is 11.1 Å². The van der Waals surface area contributed by atoms with Crippen molar-refractivity contribution < 1.29 is 4.42 Å². The molecule has 0 aliphatic heterocycles. The molecule has 0 saturated carbocycles. The summed E-state index contributed by atoms with van der Waals surface area (Å²) in [6.07, 6.45) is 0. The molecule has 4 nitrogen and oxygen atoms in total. The van der Waals surface area contributed by atoms with Gasteiger partial charge in [-0.25, -0.2) is 4.79 Å². The normalized spacial score (nSPS) is 10.9. The Labute approximate surface area is 84.9 Å². The quantitative estimate of drug-likeness (QED) is 0.598. The molecule has 0 atom stereocenters. The number of benzene rings is 1. The number of H-pyrrole nitrogens is 1. The van der Waals surface area contributed by atoms with Crippen molar-refractivity contribution in [1.29, 1.82) is 0 Å². The second-order valence-electron chi connectivity index (χ2n) is 2.91. The highest BCUT2D eigenvalue weighted by Crippen LogP contribution is 2.11. The number of aromatic nitrogens is 1. The van der Waals surface area contributed by atoms with Gasteiger partial charge in [0.25, 0.3) is 0 Å². The molecule has 0 radical (unpaired) electrons. The minimum Gasteiger partial charge on any atom is -0.408 e. The van der Waals surface area contributed by atoms with E-state index in [0.717, 1.165) is 5.56 Å². The Bertz CT molecular complexity index is 489. The maximum absolute atomic E-state index is 10.9. The summed E-state index contributed by atoms with van der Waals surface area (Å²) in [4.78, 5) is 13.4. The first-order valence-corrected chi connectivity index (χ1v) is 4.71. The summed E-state index contributed by atoms with van der Waals surface area (Å²) in [5.41, 5.74) is 2.31. The van der Waals surface area contributed by atoms with Crippen LogP contribution in [-0.4, -0.2) is 11.0 Å².